The fourth-order valence-electron chi connectivity index (χ4n) is 2.73. The van der Waals surface area contributed by atoms with Crippen LogP contribution in [0.25, 0.3) is 0 Å². The number of nitro benzene ring substituents is 1. The van der Waals surface area contributed by atoms with Gasteiger partial charge in [0.05, 0.1) is 4.92 Å². The molecule has 6 heteroatoms. The van der Waals surface area contributed by atoms with Gasteiger partial charge in [0, 0.05) is 16.6 Å². The van der Waals surface area contributed by atoms with E-state index in [1.165, 1.54) is 17.7 Å². The molecule has 144 valence electrons. The summed E-state index contributed by atoms with van der Waals surface area (Å²) < 4.78 is 12.7. The third kappa shape index (κ3) is 5.10. The molecule has 0 saturated carbocycles. The van der Waals surface area contributed by atoms with Crippen molar-refractivity contribution in [1.29, 1.82) is 0 Å². The number of aryl methyl sites for hydroxylation is 2. The van der Waals surface area contributed by atoms with Gasteiger partial charge in [-0.25, -0.2) is 0 Å². The van der Waals surface area contributed by atoms with Gasteiger partial charge in [0.2, 0.25) is 0 Å². The summed E-state index contributed by atoms with van der Waals surface area (Å²) in [5, 5.41) is 10.7. The fourth-order valence-corrected chi connectivity index (χ4v) is 3.20. The standard InChI is InChI=1S/C22H20BrNO4/c1-15-11-19(23)5-3-17(15)14-28-22-8-4-18(16(2)12-22)13-27-21-9-6-20(7-10-21)24(25)26/h3-12H,13-14H2,1-2H3. The van der Waals surface area contributed by atoms with E-state index in [0.29, 0.717) is 19.0 Å². The molecule has 0 aliphatic carbocycles. The summed E-state index contributed by atoms with van der Waals surface area (Å²) in [5.41, 5.74) is 4.47. The number of hydrogen-bond donors (Lipinski definition) is 0. The van der Waals surface area contributed by atoms with Gasteiger partial charge in [-0.3, -0.25) is 10.1 Å². The highest BCUT2D eigenvalue weighted by atomic mass is 79.9. The molecule has 28 heavy (non-hydrogen) atoms. The number of rotatable bonds is 7. The molecule has 0 fully saturated rings. The number of benzene rings is 3. The summed E-state index contributed by atoms with van der Waals surface area (Å²) in [7, 11) is 0. The Morgan fingerprint density at radius 1 is 0.821 bits per heavy atom. The molecule has 0 aliphatic rings. The monoisotopic (exact) mass is 441 g/mol. The van der Waals surface area contributed by atoms with Gasteiger partial charge < -0.3 is 9.47 Å². The third-order valence-corrected chi connectivity index (χ3v) is 4.95. The van der Waals surface area contributed by atoms with Crippen LogP contribution in [0.3, 0.4) is 0 Å². The molecule has 0 amide bonds. The molecule has 0 aliphatic heterocycles. The van der Waals surface area contributed by atoms with Gasteiger partial charge in [0.15, 0.2) is 0 Å². The number of nitro groups is 1. The molecule has 3 aromatic rings. The molecule has 0 unspecified atom stereocenters. The van der Waals surface area contributed by atoms with Crippen LogP contribution in [0.5, 0.6) is 11.5 Å². The lowest BCUT2D eigenvalue weighted by molar-refractivity contribution is -0.384. The third-order valence-electron chi connectivity index (χ3n) is 4.45. The minimum Gasteiger partial charge on any atom is -0.489 e. The zero-order valence-corrected chi connectivity index (χ0v) is 17.2. The topological polar surface area (TPSA) is 61.6 Å². The minimum atomic E-state index is -0.428. The van der Waals surface area contributed by atoms with E-state index in [1.54, 1.807) is 12.1 Å². The van der Waals surface area contributed by atoms with E-state index in [2.05, 4.69) is 35.0 Å². The van der Waals surface area contributed by atoms with Crippen molar-refractivity contribution in [3.05, 3.63) is 97.5 Å². The predicted octanol–water partition coefficient (Wildman–Crippen LogP) is 6.13. The zero-order valence-electron chi connectivity index (χ0n) is 15.6. The molecule has 0 radical (unpaired) electrons. The summed E-state index contributed by atoms with van der Waals surface area (Å²) in [4.78, 5) is 10.3. The average molecular weight is 442 g/mol. The molecule has 0 aromatic heterocycles. The molecular formula is C22H20BrNO4. The minimum absolute atomic E-state index is 0.0473. The van der Waals surface area contributed by atoms with Crippen molar-refractivity contribution < 1.29 is 14.4 Å². The molecule has 0 heterocycles. The normalized spacial score (nSPS) is 10.5. The van der Waals surface area contributed by atoms with Crippen molar-refractivity contribution in [3.63, 3.8) is 0 Å². The van der Waals surface area contributed by atoms with Crippen LogP contribution < -0.4 is 9.47 Å². The predicted molar refractivity (Wildman–Crippen MR) is 112 cm³/mol. The van der Waals surface area contributed by atoms with Crippen molar-refractivity contribution in [3.8, 4) is 11.5 Å². The number of nitrogens with zero attached hydrogens (tertiary/aromatic N) is 1. The first-order valence-corrected chi connectivity index (χ1v) is 9.56. The summed E-state index contributed by atoms with van der Waals surface area (Å²) in [6.45, 7) is 4.96. The quantitative estimate of drug-likeness (QED) is 0.326. The second kappa shape index (κ2) is 8.89. The first-order valence-electron chi connectivity index (χ1n) is 8.77. The van der Waals surface area contributed by atoms with Gasteiger partial charge >= 0.3 is 0 Å². The van der Waals surface area contributed by atoms with E-state index < -0.39 is 4.92 Å². The Morgan fingerprint density at radius 2 is 1.36 bits per heavy atom. The average Bonchev–Trinajstić information content (AvgIpc) is 2.67. The largest absolute Gasteiger partial charge is 0.489 e. The van der Waals surface area contributed by atoms with Gasteiger partial charge in [-0.1, -0.05) is 28.1 Å². The molecule has 0 saturated heterocycles. The van der Waals surface area contributed by atoms with Crippen molar-refractivity contribution in [2.75, 3.05) is 0 Å². The fraction of sp³-hybridized carbons (Fsp3) is 0.182. The van der Waals surface area contributed by atoms with Crippen LogP contribution in [0, 0.1) is 24.0 Å². The van der Waals surface area contributed by atoms with Gasteiger partial charge in [-0.2, -0.15) is 0 Å². The lowest BCUT2D eigenvalue weighted by atomic mass is 10.1. The lowest BCUT2D eigenvalue weighted by Crippen LogP contribution is -2.01. The van der Waals surface area contributed by atoms with E-state index in [9.17, 15) is 10.1 Å². The lowest BCUT2D eigenvalue weighted by Gasteiger charge is -2.12. The second-order valence-electron chi connectivity index (χ2n) is 6.49. The Bertz CT molecular complexity index is 986. The molecule has 5 nitrogen and oxygen atoms in total. The number of halogens is 1. The highest BCUT2D eigenvalue weighted by Crippen LogP contribution is 2.23. The molecule has 0 N–H and O–H groups in total. The summed E-state index contributed by atoms with van der Waals surface area (Å²) in [5.74, 6) is 1.40. The van der Waals surface area contributed by atoms with Gasteiger partial charge in [-0.05, 0) is 72.5 Å². The van der Waals surface area contributed by atoms with Crippen LogP contribution in [0.15, 0.2) is 65.1 Å². The first kappa shape index (κ1) is 19.9. The highest BCUT2D eigenvalue weighted by Gasteiger charge is 2.07. The number of non-ortho nitro benzene ring substituents is 1. The van der Waals surface area contributed by atoms with E-state index in [0.717, 1.165) is 26.9 Å². The van der Waals surface area contributed by atoms with Gasteiger partial charge in [0.1, 0.15) is 24.7 Å². The molecule has 0 spiro atoms. The molecule has 0 atom stereocenters. The Labute approximate surface area is 172 Å². The second-order valence-corrected chi connectivity index (χ2v) is 7.40. The van der Waals surface area contributed by atoms with Crippen molar-refractivity contribution >= 4 is 21.6 Å². The Hall–Kier alpha value is -2.86. The van der Waals surface area contributed by atoms with Crippen molar-refractivity contribution in [1.82, 2.24) is 0 Å². The first-order chi connectivity index (χ1) is 13.4. The van der Waals surface area contributed by atoms with Crippen LogP contribution in [0.2, 0.25) is 0 Å². The number of ether oxygens (including phenoxy) is 2. The van der Waals surface area contributed by atoms with Crippen LogP contribution in [0.4, 0.5) is 5.69 Å². The summed E-state index contributed by atoms with van der Waals surface area (Å²) in [6, 6.07) is 18.1. The van der Waals surface area contributed by atoms with Crippen molar-refractivity contribution in [2.24, 2.45) is 0 Å². The SMILES string of the molecule is Cc1cc(Br)ccc1COc1ccc(COc2ccc([N+](=O)[O-])cc2)c(C)c1. The highest BCUT2D eigenvalue weighted by molar-refractivity contribution is 9.10. The van der Waals surface area contributed by atoms with E-state index >= 15 is 0 Å². The molecule has 0 bridgehead atoms. The van der Waals surface area contributed by atoms with Crippen LogP contribution >= 0.6 is 15.9 Å². The van der Waals surface area contributed by atoms with E-state index in [-0.39, 0.29) is 5.69 Å². The van der Waals surface area contributed by atoms with E-state index in [1.807, 2.05) is 31.2 Å². The zero-order chi connectivity index (χ0) is 20.1. The maximum absolute atomic E-state index is 10.7. The van der Waals surface area contributed by atoms with E-state index in [4.69, 9.17) is 9.47 Å². The number of hydrogen-bond acceptors (Lipinski definition) is 4. The molecule has 3 aromatic carbocycles. The maximum Gasteiger partial charge on any atom is 0.269 e. The Morgan fingerprint density at radius 3 is 1.93 bits per heavy atom. The maximum atomic E-state index is 10.7. The van der Waals surface area contributed by atoms with Crippen LogP contribution in [-0.2, 0) is 13.2 Å². The summed E-state index contributed by atoms with van der Waals surface area (Å²) in [6.07, 6.45) is 0. The Balaban J connectivity index is 1.59. The molecular weight excluding hydrogens is 422 g/mol. The van der Waals surface area contributed by atoms with Crippen molar-refractivity contribution in [2.45, 2.75) is 27.1 Å². The Kier molecular flexibility index (Phi) is 6.31. The van der Waals surface area contributed by atoms with Gasteiger partial charge in [0.25, 0.3) is 5.69 Å². The van der Waals surface area contributed by atoms with Crippen LogP contribution in [0.1, 0.15) is 22.3 Å². The van der Waals surface area contributed by atoms with Gasteiger partial charge in [-0.15, -0.1) is 0 Å². The van der Waals surface area contributed by atoms with Crippen LogP contribution in [-0.4, -0.2) is 4.92 Å². The molecule has 3 rings (SSSR count). The summed E-state index contributed by atoms with van der Waals surface area (Å²) >= 11 is 3.47. The smallest absolute Gasteiger partial charge is 0.269 e.